The second-order valence-corrected chi connectivity index (χ2v) is 6.37. The van der Waals surface area contributed by atoms with Crippen molar-refractivity contribution in [3.63, 3.8) is 0 Å². The number of aryl methyl sites for hydroxylation is 1. The molecule has 2 N–H and O–H groups in total. The quantitative estimate of drug-likeness (QED) is 0.727. The minimum absolute atomic E-state index is 0.104. The molecular weight excluding hydrogens is 303 g/mol. The molecule has 1 aromatic heterocycles. The minimum Gasteiger partial charge on any atom is -0.354 e. The number of aromatic nitrogens is 1. The van der Waals surface area contributed by atoms with Gasteiger partial charge in [0.15, 0.2) is 0 Å². The fraction of sp³-hybridized carbons (Fsp3) is 0.250. The normalized spacial score (nSPS) is 14.0. The fourth-order valence-corrected chi connectivity index (χ4v) is 3.09. The molecule has 1 aliphatic rings. The maximum atomic E-state index is 13.2. The Labute approximate surface area is 139 Å². The van der Waals surface area contributed by atoms with Gasteiger partial charge in [0.2, 0.25) is 5.91 Å². The first-order valence-corrected chi connectivity index (χ1v) is 8.35. The number of benzene rings is 2. The average molecular weight is 322 g/mol. The molecule has 0 radical (unpaired) electrons. The van der Waals surface area contributed by atoms with Gasteiger partial charge in [0, 0.05) is 29.1 Å². The van der Waals surface area contributed by atoms with Crippen molar-refractivity contribution in [2.75, 3.05) is 0 Å². The van der Waals surface area contributed by atoms with Gasteiger partial charge >= 0.3 is 0 Å². The Morgan fingerprint density at radius 2 is 1.88 bits per heavy atom. The number of hydrogen-bond donors (Lipinski definition) is 2. The van der Waals surface area contributed by atoms with Crippen molar-refractivity contribution in [3.05, 3.63) is 59.9 Å². The number of para-hydroxylation sites is 1. The van der Waals surface area contributed by atoms with Crippen LogP contribution < -0.4 is 5.32 Å². The number of hydrogen-bond acceptors (Lipinski definition) is 1. The average Bonchev–Trinajstić information content (AvgIpc) is 3.32. The number of carbonyl (C=O) groups excluding carboxylic acids is 1. The summed E-state index contributed by atoms with van der Waals surface area (Å²) in [5.74, 6) is -0.145. The van der Waals surface area contributed by atoms with E-state index in [1.54, 1.807) is 12.1 Å². The molecule has 0 aliphatic heterocycles. The molecule has 1 saturated carbocycles. The summed E-state index contributed by atoms with van der Waals surface area (Å²) in [5, 5.41) is 4.15. The standard InChI is InChI=1S/C20H19FN2O/c21-14-7-5-13(6-8-14)20-17(11-12-19(24)22-15-9-10-15)16-3-1-2-4-18(16)23-20/h1-8,15,23H,9-12H2,(H,22,24). The van der Waals surface area contributed by atoms with Crippen LogP contribution in [-0.2, 0) is 11.2 Å². The van der Waals surface area contributed by atoms with E-state index < -0.39 is 0 Å². The Hall–Kier alpha value is -2.62. The molecule has 1 heterocycles. The van der Waals surface area contributed by atoms with Crippen LogP contribution in [0.25, 0.3) is 22.2 Å². The first kappa shape index (κ1) is 14.9. The van der Waals surface area contributed by atoms with Crippen molar-refractivity contribution < 1.29 is 9.18 Å². The van der Waals surface area contributed by atoms with Gasteiger partial charge in [0.1, 0.15) is 5.82 Å². The number of H-pyrrole nitrogens is 1. The summed E-state index contributed by atoms with van der Waals surface area (Å²) in [6.45, 7) is 0. The smallest absolute Gasteiger partial charge is 0.220 e. The van der Waals surface area contributed by atoms with Crippen LogP contribution in [0.3, 0.4) is 0 Å². The molecule has 0 atom stereocenters. The highest BCUT2D eigenvalue weighted by Crippen LogP contribution is 2.31. The van der Waals surface area contributed by atoms with E-state index in [9.17, 15) is 9.18 Å². The lowest BCUT2D eigenvalue weighted by molar-refractivity contribution is -0.121. The third-order valence-corrected chi connectivity index (χ3v) is 4.49. The van der Waals surface area contributed by atoms with Crippen LogP contribution >= 0.6 is 0 Å². The predicted octanol–water partition coefficient (Wildman–Crippen LogP) is 4.19. The zero-order valence-electron chi connectivity index (χ0n) is 13.3. The van der Waals surface area contributed by atoms with Gasteiger partial charge in [-0.2, -0.15) is 0 Å². The molecular formula is C20H19FN2O. The van der Waals surface area contributed by atoms with E-state index in [-0.39, 0.29) is 11.7 Å². The molecule has 4 heteroatoms. The van der Waals surface area contributed by atoms with E-state index in [4.69, 9.17) is 0 Å². The fourth-order valence-electron chi connectivity index (χ4n) is 3.09. The SMILES string of the molecule is O=C(CCc1c(-c2ccc(F)cc2)[nH]c2ccccc12)NC1CC1. The van der Waals surface area contributed by atoms with Crippen LogP contribution in [0.2, 0.25) is 0 Å². The number of aromatic amines is 1. The highest BCUT2D eigenvalue weighted by atomic mass is 19.1. The minimum atomic E-state index is -0.250. The number of carbonyl (C=O) groups is 1. The maximum Gasteiger partial charge on any atom is 0.220 e. The summed E-state index contributed by atoms with van der Waals surface area (Å²) in [7, 11) is 0. The summed E-state index contributed by atoms with van der Waals surface area (Å²) >= 11 is 0. The molecule has 1 aliphatic carbocycles. The first-order valence-electron chi connectivity index (χ1n) is 8.35. The van der Waals surface area contributed by atoms with Crippen molar-refractivity contribution in [1.29, 1.82) is 0 Å². The first-order chi connectivity index (χ1) is 11.7. The Kier molecular flexibility index (Phi) is 3.81. The molecule has 24 heavy (non-hydrogen) atoms. The molecule has 0 saturated heterocycles. The van der Waals surface area contributed by atoms with Crippen LogP contribution in [0.5, 0.6) is 0 Å². The zero-order valence-corrected chi connectivity index (χ0v) is 13.3. The zero-order chi connectivity index (χ0) is 16.5. The third kappa shape index (κ3) is 3.04. The van der Waals surface area contributed by atoms with Gasteiger partial charge in [-0.1, -0.05) is 18.2 Å². The van der Waals surface area contributed by atoms with E-state index in [1.165, 1.54) is 12.1 Å². The van der Waals surface area contributed by atoms with Crippen molar-refractivity contribution in [2.45, 2.75) is 31.7 Å². The van der Waals surface area contributed by atoms with E-state index in [2.05, 4.69) is 16.4 Å². The molecule has 0 spiro atoms. The summed E-state index contributed by atoms with van der Waals surface area (Å²) in [5.41, 5.74) is 4.05. The Balaban J connectivity index is 1.67. The van der Waals surface area contributed by atoms with Gasteiger partial charge in [-0.15, -0.1) is 0 Å². The van der Waals surface area contributed by atoms with E-state index >= 15 is 0 Å². The van der Waals surface area contributed by atoms with E-state index in [1.807, 2.05) is 18.2 Å². The highest BCUT2D eigenvalue weighted by molar-refractivity contribution is 5.91. The highest BCUT2D eigenvalue weighted by Gasteiger charge is 2.23. The molecule has 122 valence electrons. The second-order valence-electron chi connectivity index (χ2n) is 6.37. The number of halogens is 1. The van der Waals surface area contributed by atoms with Gasteiger partial charge in [-0.3, -0.25) is 4.79 Å². The Morgan fingerprint density at radius 1 is 1.12 bits per heavy atom. The molecule has 4 rings (SSSR count). The summed E-state index contributed by atoms with van der Waals surface area (Å²) in [6, 6.07) is 14.9. The lowest BCUT2D eigenvalue weighted by Gasteiger charge is -2.06. The summed E-state index contributed by atoms with van der Waals surface area (Å²) in [6.07, 6.45) is 3.32. The monoisotopic (exact) mass is 322 g/mol. The van der Waals surface area contributed by atoms with E-state index in [0.717, 1.165) is 40.6 Å². The van der Waals surface area contributed by atoms with Crippen molar-refractivity contribution >= 4 is 16.8 Å². The van der Waals surface area contributed by atoms with Gasteiger partial charge in [-0.05, 0) is 60.7 Å². The van der Waals surface area contributed by atoms with Crippen LogP contribution in [-0.4, -0.2) is 16.9 Å². The largest absolute Gasteiger partial charge is 0.354 e. The molecule has 0 bridgehead atoms. The molecule has 3 aromatic rings. The number of amides is 1. The van der Waals surface area contributed by atoms with Gasteiger partial charge in [0.05, 0.1) is 0 Å². The lowest BCUT2D eigenvalue weighted by atomic mass is 10.0. The number of rotatable bonds is 5. The van der Waals surface area contributed by atoms with Gasteiger partial charge < -0.3 is 10.3 Å². The molecule has 3 nitrogen and oxygen atoms in total. The number of fused-ring (bicyclic) bond motifs is 1. The maximum absolute atomic E-state index is 13.2. The number of nitrogens with one attached hydrogen (secondary N) is 2. The Morgan fingerprint density at radius 3 is 2.62 bits per heavy atom. The van der Waals surface area contributed by atoms with Crippen LogP contribution in [0, 0.1) is 5.82 Å². The molecule has 2 aromatic carbocycles. The molecule has 1 fully saturated rings. The summed E-state index contributed by atoms with van der Waals surface area (Å²) in [4.78, 5) is 15.5. The topological polar surface area (TPSA) is 44.9 Å². The Bertz CT molecular complexity index is 878. The van der Waals surface area contributed by atoms with Crippen LogP contribution in [0.4, 0.5) is 4.39 Å². The van der Waals surface area contributed by atoms with E-state index in [0.29, 0.717) is 18.9 Å². The molecule has 1 amide bonds. The van der Waals surface area contributed by atoms with Gasteiger partial charge in [-0.25, -0.2) is 4.39 Å². The van der Waals surface area contributed by atoms with Crippen molar-refractivity contribution in [2.24, 2.45) is 0 Å². The van der Waals surface area contributed by atoms with Crippen LogP contribution in [0.15, 0.2) is 48.5 Å². The van der Waals surface area contributed by atoms with Crippen LogP contribution in [0.1, 0.15) is 24.8 Å². The lowest BCUT2D eigenvalue weighted by Crippen LogP contribution is -2.25. The van der Waals surface area contributed by atoms with Gasteiger partial charge in [0.25, 0.3) is 0 Å². The predicted molar refractivity (Wildman–Crippen MR) is 93.2 cm³/mol. The second kappa shape index (κ2) is 6.11. The van der Waals surface area contributed by atoms with Crippen molar-refractivity contribution in [3.8, 4) is 11.3 Å². The molecule has 0 unspecified atom stereocenters. The van der Waals surface area contributed by atoms with Crippen molar-refractivity contribution in [1.82, 2.24) is 10.3 Å². The third-order valence-electron chi connectivity index (χ3n) is 4.49. The summed E-state index contributed by atoms with van der Waals surface area (Å²) < 4.78 is 13.2.